The number of carbonyl (C=O) groups excluding carboxylic acids is 1. The van der Waals surface area contributed by atoms with Crippen LogP contribution in [0.3, 0.4) is 0 Å². The Balaban J connectivity index is 1.52. The van der Waals surface area contributed by atoms with Gasteiger partial charge in [-0.25, -0.2) is 14.0 Å². The molecule has 0 saturated carbocycles. The molecule has 52 heavy (non-hydrogen) atoms. The lowest BCUT2D eigenvalue weighted by molar-refractivity contribution is -0.904. The van der Waals surface area contributed by atoms with Crippen LogP contribution in [0.5, 0.6) is 11.5 Å². The highest BCUT2D eigenvalue weighted by atomic mass is 35.5. The quantitative estimate of drug-likeness (QED) is 0.112. The molecular formula is C37H35Cl2F3N3O7+. The van der Waals surface area contributed by atoms with Crippen molar-refractivity contribution in [3.8, 4) is 11.5 Å². The normalized spacial score (nSPS) is 19.7. The van der Waals surface area contributed by atoms with Gasteiger partial charge in [0.05, 0.1) is 28.9 Å². The number of carboxylic acids is 1. The molecule has 7 rings (SSSR count). The van der Waals surface area contributed by atoms with Gasteiger partial charge in [0.2, 0.25) is 12.4 Å². The number of hydrogen-bond acceptors (Lipinski definition) is 7. The van der Waals surface area contributed by atoms with E-state index in [-0.39, 0.29) is 55.9 Å². The summed E-state index contributed by atoms with van der Waals surface area (Å²) in [5.74, 6) is -4.39. The lowest BCUT2D eigenvalue weighted by atomic mass is 9.80. The van der Waals surface area contributed by atoms with Crippen molar-refractivity contribution in [2.24, 2.45) is 5.92 Å². The van der Waals surface area contributed by atoms with Crippen LogP contribution in [-0.2, 0) is 17.7 Å². The number of amides is 1. The van der Waals surface area contributed by atoms with Crippen LogP contribution < -0.4 is 19.1 Å². The molecule has 0 unspecified atom stereocenters. The average molecular weight is 765 g/mol. The number of alkyl halides is 2. The number of anilines is 1. The summed E-state index contributed by atoms with van der Waals surface area (Å²) in [6.07, 6.45) is 2.40. The minimum Gasteiger partial charge on any atom is -0.493 e. The van der Waals surface area contributed by atoms with Gasteiger partial charge in [0.15, 0.2) is 11.5 Å². The number of carboxylic acid groups (broad SMARTS) is 1. The molecule has 2 bridgehead atoms. The first-order valence-corrected chi connectivity index (χ1v) is 17.0. The van der Waals surface area contributed by atoms with Gasteiger partial charge in [-0.2, -0.15) is 8.78 Å². The maximum atomic E-state index is 15.6. The molecule has 3 aliphatic rings. The molecule has 4 aromatic rings. The van der Waals surface area contributed by atoms with E-state index in [4.69, 9.17) is 36.8 Å². The number of methoxy groups -OCH3 is 1. The summed E-state index contributed by atoms with van der Waals surface area (Å²) in [6.45, 7) is -1.49. The molecule has 1 aromatic heterocycles. The molecular weight excluding hydrogens is 726 g/mol. The number of aromatic nitrogens is 1. The molecule has 3 fully saturated rings. The SMILES string of the molecule is [2H]C([2H])([2H])Oc1cc([C@H](Cc2c(Cl)c[n+](O)cc2Cl)c2c(CN(C(=O)O[C@H]3CN4CCC3CC4)c3ccccc3F)cccc2C(=O)O)ccc1OC(F)F. The minimum atomic E-state index is -3.35. The van der Waals surface area contributed by atoms with Gasteiger partial charge in [-0.1, -0.05) is 53.5 Å². The van der Waals surface area contributed by atoms with Gasteiger partial charge in [0.1, 0.15) is 22.0 Å². The van der Waals surface area contributed by atoms with E-state index in [1.54, 1.807) is 0 Å². The molecule has 3 aromatic carbocycles. The largest absolute Gasteiger partial charge is 0.493 e. The lowest BCUT2D eigenvalue weighted by Gasteiger charge is -2.44. The summed E-state index contributed by atoms with van der Waals surface area (Å²) in [5, 5.41) is 20.6. The van der Waals surface area contributed by atoms with E-state index < -0.39 is 61.6 Å². The van der Waals surface area contributed by atoms with Crippen LogP contribution in [0.1, 0.15) is 55.5 Å². The molecule has 3 aliphatic heterocycles. The summed E-state index contributed by atoms with van der Waals surface area (Å²) in [7, 11) is -3.12. The molecule has 4 heterocycles. The summed E-state index contributed by atoms with van der Waals surface area (Å²) in [4.78, 5) is 30.4. The van der Waals surface area contributed by atoms with Gasteiger partial charge in [0, 0.05) is 22.8 Å². The maximum absolute atomic E-state index is 15.6. The molecule has 2 N–H and O–H groups in total. The Morgan fingerprint density at radius 2 is 1.79 bits per heavy atom. The summed E-state index contributed by atoms with van der Waals surface area (Å²) in [6, 6.07) is 13.3. The van der Waals surface area contributed by atoms with Crippen LogP contribution in [0.15, 0.2) is 73.1 Å². The first-order chi connectivity index (χ1) is 26.1. The van der Waals surface area contributed by atoms with Gasteiger partial charge in [0.25, 0.3) is 0 Å². The molecule has 0 radical (unpaired) electrons. The number of pyridine rings is 1. The number of piperidine rings is 3. The van der Waals surface area contributed by atoms with Gasteiger partial charge in [-0.05, 0) is 85.3 Å². The van der Waals surface area contributed by atoms with E-state index >= 15 is 4.39 Å². The van der Waals surface area contributed by atoms with Crippen LogP contribution in [0.25, 0.3) is 0 Å². The second kappa shape index (κ2) is 15.9. The molecule has 10 nitrogen and oxygen atoms in total. The third-order valence-electron chi connectivity index (χ3n) is 9.49. The number of rotatable bonds is 12. The fourth-order valence-electron chi connectivity index (χ4n) is 7.02. The number of ether oxygens (including phenoxy) is 3. The zero-order valence-electron chi connectivity index (χ0n) is 30.4. The van der Waals surface area contributed by atoms with Crippen molar-refractivity contribution in [1.29, 1.82) is 0 Å². The third kappa shape index (κ3) is 8.01. The predicted octanol–water partition coefficient (Wildman–Crippen LogP) is 7.58. The van der Waals surface area contributed by atoms with Crippen molar-refractivity contribution < 1.29 is 56.1 Å². The first kappa shape index (κ1) is 33.1. The van der Waals surface area contributed by atoms with E-state index in [0.29, 0.717) is 11.3 Å². The number of para-hydroxylation sites is 1. The summed E-state index contributed by atoms with van der Waals surface area (Å²) in [5.41, 5.74) is 0.196. The van der Waals surface area contributed by atoms with Crippen molar-refractivity contribution in [2.75, 3.05) is 31.6 Å². The van der Waals surface area contributed by atoms with Crippen LogP contribution in [0.4, 0.5) is 23.7 Å². The van der Waals surface area contributed by atoms with Crippen molar-refractivity contribution in [2.45, 2.75) is 44.4 Å². The third-order valence-corrected chi connectivity index (χ3v) is 10.1. The Kier molecular flexibility index (Phi) is 10.1. The average Bonchev–Trinajstić information content (AvgIpc) is 3.11. The summed E-state index contributed by atoms with van der Waals surface area (Å²) >= 11 is 13.1. The molecule has 15 heteroatoms. The highest BCUT2D eigenvalue weighted by molar-refractivity contribution is 6.35. The zero-order chi connectivity index (χ0) is 39.6. The number of benzene rings is 3. The van der Waals surface area contributed by atoms with Crippen LogP contribution in [0.2, 0.25) is 10.0 Å². The number of carbonyl (C=O) groups is 2. The molecule has 0 spiro atoms. The van der Waals surface area contributed by atoms with E-state index in [2.05, 4.69) is 9.64 Å². The Morgan fingerprint density at radius 1 is 1.06 bits per heavy atom. The maximum Gasteiger partial charge on any atom is 0.415 e. The lowest BCUT2D eigenvalue weighted by Crippen LogP contribution is -2.53. The number of hydrogen-bond donors (Lipinski definition) is 2. The predicted molar refractivity (Wildman–Crippen MR) is 184 cm³/mol. The van der Waals surface area contributed by atoms with E-state index in [0.717, 1.165) is 55.4 Å². The van der Waals surface area contributed by atoms with Crippen LogP contribution >= 0.6 is 23.2 Å². The number of halogens is 5. The monoisotopic (exact) mass is 763 g/mol. The van der Waals surface area contributed by atoms with E-state index in [1.165, 1.54) is 48.5 Å². The fraction of sp³-hybridized carbons (Fsp3) is 0.324. The number of aromatic carboxylic acids is 1. The topological polar surface area (TPSA) is 113 Å². The highest BCUT2D eigenvalue weighted by Crippen LogP contribution is 2.41. The van der Waals surface area contributed by atoms with E-state index in [9.17, 15) is 28.7 Å². The first-order valence-electron chi connectivity index (χ1n) is 17.7. The molecule has 274 valence electrons. The Morgan fingerprint density at radius 3 is 2.42 bits per heavy atom. The van der Waals surface area contributed by atoms with Gasteiger partial charge >= 0.3 is 18.7 Å². The Bertz CT molecular complexity index is 2050. The van der Waals surface area contributed by atoms with Crippen LogP contribution in [-0.4, -0.2) is 66.7 Å². The van der Waals surface area contributed by atoms with Gasteiger partial charge < -0.3 is 19.3 Å². The molecule has 3 saturated heterocycles. The van der Waals surface area contributed by atoms with Crippen LogP contribution in [0, 0.1) is 11.7 Å². The van der Waals surface area contributed by atoms with Crippen molar-refractivity contribution in [1.82, 2.24) is 4.90 Å². The summed E-state index contributed by atoms with van der Waals surface area (Å²) < 4.78 is 81.6. The van der Waals surface area contributed by atoms with E-state index in [1.807, 2.05) is 0 Å². The zero-order valence-corrected chi connectivity index (χ0v) is 28.9. The van der Waals surface area contributed by atoms with Crippen molar-refractivity contribution in [3.05, 3.63) is 117 Å². The molecule has 2 atom stereocenters. The fourth-order valence-corrected chi connectivity index (χ4v) is 7.62. The van der Waals surface area contributed by atoms with Crippen molar-refractivity contribution >= 4 is 41.0 Å². The van der Waals surface area contributed by atoms with Gasteiger partial charge in [-0.3, -0.25) is 15.0 Å². The second-order valence-electron chi connectivity index (χ2n) is 12.5. The molecule has 0 aliphatic carbocycles. The Hall–Kier alpha value is -4.72. The standard InChI is InChI=1S/C37H34Cl2F3N3O7/c1-50-32-15-22(9-10-31(32)51-36(41)42)25(16-26-27(38)18-44(49)19-28(26)39)34-23(5-4-6-24(34)35(46)47)17-45(30-8-3-2-7-29(30)40)37(48)52-33-20-43-13-11-21(33)12-14-43/h2-10,15,18-19,21,25,33,36H,11-14,16-17,20H2,1H3,(H-,46,47,49)/p+1/t25-,33-/m0/s1/i1D3. The van der Waals surface area contributed by atoms with Crippen molar-refractivity contribution in [3.63, 3.8) is 0 Å². The smallest absolute Gasteiger partial charge is 0.415 e. The highest BCUT2D eigenvalue weighted by Gasteiger charge is 2.38. The Labute approximate surface area is 311 Å². The minimum absolute atomic E-state index is 0.0416. The second-order valence-corrected chi connectivity index (χ2v) is 13.4. The number of fused-ring (bicyclic) bond motifs is 3. The molecule has 1 amide bonds. The van der Waals surface area contributed by atoms with Gasteiger partial charge in [-0.15, -0.1) is 0 Å². The number of nitrogens with zero attached hydrogens (tertiary/aromatic N) is 3.